The number of fused-ring (bicyclic) bond motifs is 2. The van der Waals surface area contributed by atoms with E-state index in [0.29, 0.717) is 12.5 Å². The number of hydrogen-bond acceptors (Lipinski definition) is 4. The van der Waals surface area contributed by atoms with Crippen LogP contribution in [0.5, 0.6) is 0 Å². The molecule has 5 atom stereocenters. The minimum atomic E-state index is -0.482. The zero-order valence-corrected chi connectivity index (χ0v) is 11.5. The van der Waals surface area contributed by atoms with Crippen molar-refractivity contribution in [2.45, 2.75) is 25.4 Å². The Labute approximate surface area is 119 Å². The van der Waals surface area contributed by atoms with Gasteiger partial charge in [0.15, 0.2) is 0 Å². The van der Waals surface area contributed by atoms with Gasteiger partial charge in [-0.15, -0.1) is 0 Å². The predicted molar refractivity (Wildman–Crippen MR) is 57.5 cm³/mol. The van der Waals surface area contributed by atoms with Crippen molar-refractivity contribution in [2.24, 2.45) is 23.7 Å². The standard InChI is InChI=1S/C13H15O4.Rh/c1-2-11(14)17-10-5-7-3-4-8(10)9-6-16-13(15)12(7)9;/h7-10,12H,1,3-6H2;/q-1;. The molecule has 4 nitrogen and oxygen atoms in total. The molecular formula is C13H15O4Rh-. The van der Waals surface area contributed by atoms with E-state index in [4.69, 9.17) is 9.47 Å². The van der Waals surface area contributed by atoms with Gasteiger partial charge in [-0.2, -0.15) is 0 Å². The van der Waals surface area contributed by atoms with Gasteiger partial charge in [-0.1, -0.05) is 0 Å². The maximum absolute atomic E-state index is 11.6. The topological polar surface area (TPSA) is 52.6 Å². The smallest absolute Gasteiger partial charge is 0.309 e. The second-order valence-corrected chi connectivity index (χ2v) is 5.18. The summed E-state index contributed by atoms with van der Waals surface area (Å²) in [6.07, 6.45) is 5.01. The third-order valence-corrected chi connectivity index (χ3v) is 4.50. The van der Waals surface area contributed by atoms with Crippen molar-refractivity contribution in [3.05, 3.63) is 12.7 Å². The molecular weight excluding hydrogens is 323 g/mol. The molecule has 3 aliphatic carbocycles. The number of cyclic esters (lactones) is 1. The molecule has 0 amide bonds. The van der Waals surface area contributed by atoms with Crippen LogP contribution in [-0.4, -0.2) is 24.6 Å². The van der Waals surface area contributed by atoms with E-state index in [-0.39, 0.29) is 49.3 Å². The first-order chi connectivity index (χ1) is 8.20. The number of hydrogen-bond donors (Lipinski definition) is 0. The van der Waals surface area contributed by atoms with Crippen LogP contribution in [-0.2, 0) is 38.5 Å². The summed E-state index contributed by atoms with van der Waals surface area (Å²) in [4.78, 5) is 22.8. The predicted octanol–water partition coefficient (Wildman–Crippen LogP) is 1.10. The molecule has 5 unspecified atom stereocenters. The van der Waals surface area contributed by atoms with Crippen LogP contribution in [0.15, 0.2) is 6.58 Å². The minimum absolute atomic E-state index is 0. The van der Waals surface area contributed by atoms with Gasteiger partial charge in [-0.05, 0) is 25.2 Å². The number of carbonyl (C=O) groups excluding carboxylic acids is 2. The van der Waals surface area contributed by atoms with E-state index >= 15 is 0 Å². The van der Waals surface area contributed by atoms with Crippen LogP contribution in [0.4, 0.5) is 0 Å². The summed E-state index contributed by atoms with van der Waals surface area (Å²) in [7, 11) is 0. The maximum Gasteiger partial charge on any atom is 0.309 e. The summed E-state index contributed by atoms with van der Waals surface area (Å²) in [6.45, 7) is 3.78. The molecule has 0 aromatic rings. The van der Waals surface area contributed by atoms with Gasteiger partial charge in [0.25, 0.3) is 0 Å². The molecule has 5 heteroatoms. The van der Waals surface area contributed by atoms with Crippen LogP contribution in [0.1, 0.15) is 19.3 Å². The molecule has 4 fully saturated rings. The first-order valence-electron chi connectivity index (χ1n) is 6.11. The monoisotopic (exact) mass is 338 g/mol. The van der Waals surface area contributed by atoms with Gasteiger partial charge in [0.1, 0.15) is 12.1 Å². The maximum atomic E-state index is 11.6. The van der Waals surface area contributed by atoms with Gasteiger partial charge >= 0.3 is 5.97 Å². The van der Waals surface area contributed by atoms with Crippen molar-refractivity contribution < 1.29 is 38.5 Å². The fourth-order valence-electron chi connectivity index (χ4n) is 3.80. The summed E-state index contributed by atoms with van der Waals surface area (Å²) in [5.74, 6) is 0.361. The fraction of sp³-hybridized carbons (Fsp3) is 0.692. The van der Waals surface area contributed by atoms with Crippen molar-refractivity contribution in [1.29, 1.82) is 0 Å². The zero-order valence-electron chi connectivity index (χ0n) is 9.89. The van der Waals surface area contributed by atoms with Crippen LogP contribution < -0.4 is 0 Å². The molecule has 1 aliphatic heterocycles. The summed E-state index contributed by atoms with van der Waals surface area (Å²) in [6, 6.07) is 0. The molecule has 1 saturated heterocycles. The summed E-state index contributed by atoms with van der Waals surface area (Å²) >= 11 is 0. The third kappa shape index (κ3) is 2.03. The minimum Gasteiger partial charge on any atom is -0.486 e. The van der Waals surface area contributed by atoms with Gasteiger partial charge in [0.05, 0.1) is 12.5 Å². The molecule has 4 rings (SSSR count). The van der Waals surface area contributed by atoms with Gasteiger partial charge in [0, 0.05) is 31.3 Å². The van der Waals surface area contributed by atoms with Crippen LogP contribution in [0.2, 0.25) is 0 Å². The average Bonchev–Trinajstić information content (AvgIpc) is 2.74. The van der Waals surface area contributed by atoms with Crippen LogP contribution in [0.3, 0.4) is 0 Å². The second kappa shape index (κ2) is 5.12. The molecule has 0 N–H and O–H groups in total. The first-order valence-corrected chi connectivity index (χ1v) is 6.11. The number of carbonyl (C=O) groups is 2. The van der Waals surface area contributed by atoms with Gasteiger partial charge in [-0.3, -0.25) is 16.2 Å². The molecule has 101 valence electrons. The molecule has 0 aromatic carbocycles. The average molecular weight is 338 g/mol. The molecule has 18 heavy (non-hydrogen) atoms. The summed E-state index contributed by atoms with van der Waals surface area (Å²) in [5, 5.41) is 0. The molecule has 0 spiro atoms. The Kier molecular flexibility index (Phi) is 3.91. The van der Waals surface area contributed by atoms with E-state index in [1.807, 2.05) is 0 Å². The molecule has 4 aliphatic rings. The van der Waals surface area contributed by atoms with Crippen molar-refractivity contribution in [2.75, 3.05) is 6.61 Å². The largest absolute Gasteiger partial charge is 0.486 e. The van der Waals surface area contributed by atoms with Gasteiger partial charge in [0.2, 0.25) is 0 Å². The fourth-order valence-corrected chi connectivity index (χ4v) is 3.80. The summed E-state index contributed by atoms with van der Waals surface area (Å²) < 4.78 is 10.5. The SMILES string of the molecule is C=[C-]C(=O)OC1CC2CCC1C1COC(=O)C21.[Rh]. The van der Waals surface area contributed by atoms with E-state index < -0.39 is 5.97 Å². The molecule has 0 aromatic heterocycles. The van der Waals surface area contributed by atoms with Crippen LogP contribution in [0.25, 0.3) is 0 Å². The zero-order chi connectivity index (χ0) is 12.0. The van der Waals surface area contributed by atoms with E-state index in [2.05, 4.69) is 12.7 Å². The van der Waals surface area contributed by atoms with Crippen molar-refractivity contribution in [1.82, 2.24) is 0 Å². The number of ether oxygens (including phenoxy) is 2. The molecule has 3 saturated carbocycles. The molecule has 2 bridgehead atoms. The summed E-state index contributed by atoms with van der Waals surface area (Å²) in [5.41, 5.74) is 0. The second-order valence-electron chi connectivity index (χ2n) is 5.18. The van der Waals surface area contributed by atoms with Gasteiger partial charge in [-0.25, -0.2) is 0 Å². The molecule has 1 radical (unpaired) electrons. The van der Waals surface area contributed by atoms with Crippen LogP contribution in [0, 0.1) is 29.7 Å². The van der Waals surface area contributed by atoms with Crippen LogP contribution >= 0.6 is 0 Å². The third-order valence-electron chi connectivity index (χ3n) is 4.50. The van der Waals surface area contributed by atoms with Gasteiger partial charge < -0.3 is 15.5 Å². The number of rotatable bonds is 2. The van der Waals surface area contributed by atoms with E-state index in [1.54, 1.807) is 0 Å². The Morgan fingerprint density at radius 1 is 1.39 bits per heavy atom. The number of esters is 2. The Morgan fingerprint density at radius 3 is 2.89 bits per heavy atom. The quantitative estimate of drug-likeness (QED) is 0.328. The Balaban J connectivity index is 0.00000120. The normalized spacial score (nSPS) is 40.4. The van der Waals surface area contributed by atoms with E-state index in [1.165, 1.54) is 0 Å². The molecule has 1 heterocycles. The van der Waals surface area contributed by atoms with E-state index in [0.717, 1.165) is 19.3 Å². The Hall–Kier alpha value is -0.697. The van der Waals surface area contributed by atoms with Crippen molar-refractivity contribution in [3.8, 4) is 0 Å². The first kappa shape index (κ1) is 13.7. The Bertz CT molecular complexity index is 381. The van der Waals surface area contributed by atoms with E-state index in [9.17, 15) is 9.59 Å². The Morgan fingerprint density at radius 2 is 2.17 bits per heavy atom. The van der Waals surface area contributed by atoms with Crippen molar-refractivity contribution >= 4 is 11.9 Å². The van der Waals surface area contributed by atoms with Crippen molar-refractivity contribution in [3.63, 3.8) is 0 Å².